The molecule has 1 saturated carbocycles. The summed E-state index contributed by atoms with van der Waals surface area (Å²) < 4.78 is 0. The standard InChI is InChI=1S/C15H30N4O2/c1-5-16-12-7-9-13(10-8-12)19(4)11(3)14(20)18-15(21)17-6-2/h11-13,16H,5-10H2,1-4H3,(H2,17,18,20,21). The first-order valence-electron chi connectivity index (χ1n) is 8.03. The lowest BCUT2D eigenvalue weighted by atomic mass is 9.89. The first-order chi connectivity index (χ1) is 9.99. The van der Waals surface area contributed by atoms with Crippen molar-refractivity contribution in [3.8, 4) is 0 Å². The maximum atomic E-state index is 12.1. The Labute approximate surface area is 128 Å². The van der Waals surface area contributed by atoms with Crippen LogP contribution >= 0.6 is 0 Å². The van der Waals surface area contributed by atoms with Gasteiger partial charge in [0.05, 0.1) is 6.04 Å². The lowest BCUT2D eigenvalue weighted by Crippen LogP contribution is -2.52. The van der Waals surface area contributed by atoms with Gasteiger partial charge >= 0.3 is 6.03 Å². The Morgan fingerprint density at radius 3 is 2.29 bits per heavy atom. The number of carbonyl (C=O) groups excluding carboxylic acids is 2. The van der Waals surface area contributed by atoms with Gasteiger partial charge in [0, 0.05) is 18.6 Å². The summed E-state index contributed by atoms with van der Waals surface area (Å²) in [6, 6.07) is 0.306. The predicted molar refractivity (Wildman–Crippen MR) is 84.2 cm³/mol. The number of carbonyl (C=O) groups is 2. The normalized spacial score (nSPS) is 23.7. The van der Waals surface area contributed by atoms with Gasteiger partial charge in [-0.25, -0.2) is 4.79 Å². The molecule has 0 saturated heterocycles. The maximum Gasteiger partial charge on any atom is 0.321 e. The molecule has 3 amide bonds. The number of rotatable bonds is 6. The molecule has 1 rings (SSSR count). The highest BCUT2D eigenvalue weighted by molar-refractivity contribution is 5.96. The second kappa shape index (κ2) is 9.00. The molecule has 1 aliphatic carbocycles. The SMILES string of the molecule is CCNC(=O)NC(=O)C(C)N(C)C1CCC(NCC)CC1. The fraction of sp³-hybridized carbons (Fsp3) is 0.867. The van der Waals surface area contributed by atoms with Gasteiger partial charge in [-0.3, -0.25) is 15.0 Å². The Morgan fingerprint density at radius 1 is 1.14 bits per heavy atom. The number of nitrogens with one attached hydrogen (secondary N) is 3. The van der Waals surface area contributed by atoms with Crippen molar-refractivity contribution in [2.45, 2.75) is 64.6 Å². The fourth-order valence-electron chi connectivity index (χ4n) is 2.90. The van der Waals surface area contributed by atoms with Crippen LogP contribution in [0.25, 0.3) is 0 Å². The van der Waals surface area contributed by atoms with Crippen molar-refractivity contribution in [1.29, 1.82) is 0 Å². The molecule has 3 N–H and O–H groups in total. The van der Waals surface area contributed by atoms with E-state index in [1.54, 1.807) is 0 Å². The van der Waals surface area contributed by atoms with Crippen molar-refractivity contribution in [1.82, 2.24) is 20.9 Å². The summed E-state index contributed by atoms with van der Waals surface area (Å²) >= 11 is 0. The topological polar surface area (TPSA) is 73.5 Å². The van der Waals surface area contributed by atoms with E-state index in [1.165, 1.54) is 0 Å². The van der Waals surface area contributed by atoms with E-state index < -0.39 is 6.03 Å². The Bertz CT molecular complexity index is 341. The largest absolute Gasteiger partial charge is 0.338 e. The van der Waals surface area contributed by atoms with Gasteiger partial charge in [-0.15, -0.1) is 0 Å². The molecule has 1 aliphatic rings. The Morgan fingerprint density at radius 2 is 1.76 bits per heavy atom. The number of hydrogen-bond donors (Lipinski definition) is 3. The molecule has 0 aromatic rings. The van der Waals surface area contributed by atoms with E-state index in [4.69, 9.17) is 0 Å². The number of urea groups is 1. The van der Waals surface area contributed by atoms with Crippen LogP contribution in [0.2, 0.25) is 0 Å². The van der Waals surface area contributed by atoms with Gasteiger partial charge in [-0.05, 0) is 53.1 Å². The first kappa shape index (κ1) is 17.9. The summed E-state index contributed by atoms with van der Waals surface area (Å²) in [6.07, 6.45) is 4.47. The molecule has 6 heteroatoms. The highest BCUT2D eigenvalue weighted by Gasteiger charge is 2.29. The molecular weight excluding hydrogens is 268 g/mol. The summed E-state index contributed by atoms with van der Waals surface area (Å²) in [5.74, 6) is -0.239. The van der Waals surface area contributed by atoms with Crippen molar-refractivity contribution in [2.24, 2.45) is 0 Å². The molecule has 0 bridgehead atoms. The summed E-state index contributed by atoms with van der Waals surface area (Å²) in [6.45, 7) is 7.33. The van der Waals surface area contributed by atoms with Gasteiger partial charge in [0.15, 0.2) is 0 Å². The molecule has 6 nitrogen and oxygen atoms in total. The van der Waals surface area contributed by atoms with E-state index in [0.717, 1.165) is 32.2 Å². The van der Waals surface area contributed by atoms with Crippen LogP contribution in [-0.2, 0) is 4.79 Å². The number of likely N-dealkylation sites (N-methyl/N-ethyl adjacent to an activating group) is 1. The van der Waals surface area contributed by atoms with Gasteiger partial charge in [-0.1, -0.05) is 6.92 Å². The minimum Gasteiger partial charge on any atom is -0.338 e. The number of nitrogens with zero attached hydrogens (tertiary/aromatic N) is 1. The van der Waals surface area contributed by atoms with Crippen LogP contribution in [0.3, 0.4) is 0 Å². The highest BCUT2D eigenvalue weighted by Crippen LogP contribution is 2.23. The second-order valence-electron chi connectivity index (χ2n) is 5.75. The average molecular weight is 298 g/mol. The molecule has 0 aromatic heterocycles. The average Bonchev–Trinajstić information content (AvgIpc) is 2.47. The summed E-state index contributed by atoms with van der Waals surface area (Å²) in [7, 11) is 1.97. The molecule has 1 atom stereocenters. The highest BCUT2D eigenvalue weighted by atomic mass is 16.2. The quantitative estimate of drug-likeness (QED) is 0.686. The zero-order valence-corrected chi connectivity index (χ0v) is 13.7. The molecule has 122 valence electrons. The molecule has 1 unspecified atom stereocenters. The third-order valence-corrected chi connectivity index (χ3v) is 4.33. The van der Waals surface area contributed by atoms with Crippen LogP contribution in [0.5, 0.6) is 0 Å². The third-order valence-electron chi connectivity index (χ3n) is 4.33. The van der Waals surface area contributed by atoms with Crippen LogP contribution in [0.4, 0.5) is 4.79 Å². The van der Waals surface area contributed by atoms with E-state index in [0.29, 0.717) is 18.6 Å². The van der Waals surface area contributed by atoms with Gasteiger partial charge in [-0.2, -0.15) is 0 Å². The van der Waals surface area contributed by atoms with Crippen LogP contribution < -0.4 is 16.0 Å². The lowest BCUT2D eigenvalue weighted by Gasteiger charge is -2.37. The second-order valence-corrected chi connectivity index (χ2v) is 5.75. The van der Waals surface area contributed by atoms with Crippen molar-refractivity contribution in [3.05, 3.63) is 0 Å². The minimum atomic E-state index is -0.418. The van der Waals surface area contributed by atoms with Crippen LogP contribution in [0, 0.1) is 0 Å². The van der Waals surface area contributed by atoms with Crippen molar-refractivity contribution in [3.63, 3.8) is 0 Å². The third kappa shape index (κ3) is 5.63. The number of amides is 3. The van der Waals surface area contributed by atoms with Crippen molar-refractivity contribution < 1.29 is 9.59 Å². The zero-order chi connectivity index (χ0) is 15.8. The van der Waals surface area contributed by atoms with Crippen LogP contribution in [0.1, 0.15) is 46.5 Å². The maximum absolute atomic E-state index is 12.1. The lowest BCUT2D eigenvalue weighted by molar-refractivity contribution is -0.125. The molecule has 0 spiro atoms. The van der Waals surface area contributed by atoms with E-state index in [9.17, 15) is 9.59 Å². The Kier molecular flexibility index (Phi) is 7.67. The van der Waals surface area contributed by atoms with Crippen LogP contribution in [-0.4, -0.2) is 55.1 Å². The predicted octanol–water partition coefficient (Wildman–Crippen LogP) is 1.07. The molecule has 21 heavy (non-hydrogen) atoms. The molecular formula is C15H30N4O2. The molecule has 0 aromatic carbocycles. The number of hydrogen-bond acceptors (Lipinski definition) is 4. The van der Waals surface area contributed by atoms with Crippen molar-refractivity contribution in [2.75, 3.05) is 20.1 Å². The van der Waals surface area contributed by atoms with E-state index >= 15 is 0 Å². The van der Waals surface area contributed by atoms with Gasteiger partial charge in [0.25, 0.3) is 0 Å². The Balaban J connectivity index is 2.42. The first-order valence-corrected chi connectivity index (χ1v) is 8.03. The van der Waals surface area contributed by atoms with E-state index in [-0.39, 0.29) is 11.9 Å². The Hall–Kier alpha value is -1.14. The summed E-state index contributed by atoms with van der Waals surface area (Å²) in [5, 5.41) is 8.44. The van der Waals surface area contributed by atoms with Crippen LogP contribution in [0.15, 0.2) is 0 Å². The fourth-order valence-corrected chi connectivity index (χ4v) is 2.90. The van der Waals surface area contributed by atoms with Crippen molar-refractivity contribution >= 4 is 11.9 Å². The van der Waals surface area contributed by atoms with E-state index in [1.807, 2.05) is 20.9 Å². The molecule has 0 heterocycles. The molecule has 0 radical (unpaired) electrons. The molecule has 1 fully saturated rings. The zero-order valence-electron chi connectivity index (χ0n) is 13.7. The number of imide groups is 1. The van der Waals surface area contributed by atoms with Gasteiger partial charge < -0.3 is 10.6 Å². The smallest absolute Gasteiger partial charge is 0.321 e. The minimum absolute atomic E-state index is 0.239. The van der Waals surface area contributed by atoms with Gasteiger partial charge in [0.1, 0.15) is 0 Å². The molecule has 0 aliphatic heterocycles. The van der Waals surface area contributed by atoms with Gasteiger partial charge in [0.2, 0.25) is 5.91 Å². The summed E-state index contributed by atoms with van der Waals surface area (Å²) in [5.41, 5.74) is 0. The summed E-state index contributed by atoms with van der Waals surface area (Å²) in [4.78, 5) is 25.5. The monoisotopic (exact) mass is 298 g/mol. The van der Waals surface area contributed by atoms with E-state index in [2.05, 4.69) is 27.8 Å².